The molecular formula is C14H17NO3. The quantitative estimate of drug-likeness (QED) is 0.804. The van der Waals surface area contributed by atoms with Crippen molar-refractivity contribution in [1.29, 1.82) is 5.26 Å². The highest BCUT2D eigenvalue weighted by atomic mass is 16.5. The van der Waals surface area contributed by atoms with Gasteiger partial charge in [-0.05, 0) is 42.2 Å². The second kappa shape index (κ2) is 6.77. The smallest absolute Gasteiger partial charge is 0.310 e. The van der Waals surface area contributed by atoms with Crippen molar-refractivity contribution in [2.75, 3.05) is 6.61 Å². The fourth-order valence-electron chi connectivity index (χ4n) is 1.98. The third kappa shape index (κ3) is 3.31. The zero-order chi connectivity index (χ0) is 13.5. The van der Waals surface area contributed by atoms with E-state index in [2.05, 4.69) is 0 Å². The molecule has 0 bridgehead atoms. The number of ether oxygens (including phenoxy) is 1. The second-order valence-corrected chi connectivity index (χ2v) is 3.88. The highest BCUT2D eigenvalue weighted by Gasteiger charge is 2.13. The number of rotatable bonds is 5. The van der Waals surface area contributed by atoms with E-state index in [4.69, 9.17) is 10.00 Å². The van der Waals surface area contributed by atoms with Crippen molar-refractivity contribution in [3.05, 3.63) is 34.4 Å². The molecule has 0 amide bonds. The highest BCUT2D eigenvalue weighted by Crippen LogP contribution is 2.20. The van der Waals surface area contributed by atoms with Gasteiger partial charge in [0.25, 0.3) is 0 Å². The molecule has 0 aliphatic rings. The van der Waals surface area contributed by atoms with Gasteiger partial charge < -0.3 is 9.84 Å². The number of carbonyl (C=O) groups is 1. The van der Waals surface area contributed by atoms with Crippen molar-refractivity contribution in [2.45, 2.75) is 33.3 Å². The van der Waals surface area contributed by atoms with Crippen LogP contribution in [0, 0.1) is 11.3 Å². The summed E-state index contributed by atoms with van der Waals surface area (Å²) in [4.78, 5) is 11.5. The number of aliphatic hydroxyl groups is 1. The summed E-state index contributed by atoms with van der Waals surface area (Å²) in [7, 11) is 0. The summed E-state index contributed by atoms with van der Waals surface area (Å²) >= 11 is 0. The monoisotopic (exact) mass is 247 g/mol. The van der Waals surface area contributed by atoms with Crippen LogP contribution in [-0.4, -0.2) is 17.7 Å². The normalized spacial score (nSPS) is 9.89. The van der Waals surface area contributed by atoms with Gasteiger partial charge >= 0.3 is 5.97 Å². The van der Waals surface area contributed by atoms with Crippen molar-refractivity contribution < 1.29 is 14.6 Å². The standard InChI is InChI=1S/C14H17NO3/c1-3-13-11(7-14(17)18-4-2)5-10(8-15)6-12(13)9-16/h5-6,16H,3-4,7,9H2,1-2H3. The summed E-state index contributed by atoms with van der Waals surface area (Å²) in [6.07, 6.45) is 0.843. The maximum absolute atomic E-state index is 11.5. The Balaban J connectivity index is 3.15. The van der Waals surface area contributed by atoms with Crippen molar-refractivity contribution in [2.24, 2.45) is 0 Å². The number of carbonyl (C=O) groups excluding carboxylic acids is 1. The molecule has 1 aromatic rings. The highest BCUT2D eigenvalue weighted by molar-refractivity contribution is 5.73. The summed E-state index contributed by atoms with van der Waals surface area (Å²) in [5, 5.41) is 18.2. The first kappa shape index (κ1) is 14.2. The number of aliphatic hydroxyl groups excluding tert-OH is 1. The summed E-state index contributed by atoms with van der Waals surface area (Å²) in [6.45, 7) is 3.91. The molecular weight excluding hydrogens is 230 g/mol. The van der Waals surface area contributed by atoms with Crippen LogP contribution in [-0.2, 0) is 29.0 Å². The molecule has 0 aliphatic carbocycles. The summed E-state index contributed by atoms with van der Waals surface area (Å²) in [5.41, 5.74) is 2.84. The van der Waals surface area contributed by atoms with Gasteiger partial charge in [0.2, 0.25) is 0 Å². The van der Waals surface area contributed by atoms with Crippen LogP contribution in [0.5, 0.6) is 0 Å². The third-order valence-electron chi connectivity index (χ3n) is 2.73. The van der Waals surface area contributed by atoms with E-state index in [1.165, 1.54) is 0 Å². The predicted octanol–water partition coefficient (Wildman–Crippen LogP) is 1.72. The van der Waals surface area contributed by atoms with E-state index < -0.39 is 0 Å². The number of nitrogens with zero attached hydrogens (tertiary/aromatic N) is 1. The molecule has 1 N–H and O–H groups in total. The van der Waals surface area contributed by atoms with Crippen LogP contribution in [0.15, 0.2) is 12.1 Å². The van der Waals surface area contributed by atoms with Crippen LogP contribution in [0.1, 0.15) is 36.1 Å². The molecule has 0 aromatic heterocycles. The molecule has 0 unspecified atom stereocenters. The molecule has 0 heterocycles. The van der Waals surface area contributed by atoms with Gasteiger partial charge in [-0.15, -0.1) is 0 Å². The molecule has 4 nitrogen and oxygen atoms in total. The lowest BCUT2D eigenvalue weighted by atomic mass is 9.94. The van der Waals surface area contributed by atoms with Gasteiger partial charge in [-0.1, -0.05) is 6.92 Å². The molecule has 0 aliphatic heterocycles. The van der Waals surface area contributed by atoms with Crippen LogP contribution < -0.4 is 0 Å². The molecule has 0 radical (unpaired) electrons. The third-order valence-corrected chi connectivity index (χ3v) is 2.73. The van der Waals surface area contributed by atoms with Gasteiger partial charge in [0, 0.05) is 0 Å². The molecule has 0 saturated carbocycles. The molecule has 0 saturated heterocycles. The van der Waals surface area contributed by atoms with Gasteiger partial charge in [-0.25, -0.2) is 0 Å². The Labute approximate surface area is 107 Å². The molecule has 0 atom stereocenters. The summed E-state index contributed by atoms with van der Waals surface area (Å²) in [6, 6.07) is 5.39. The number of nitriles is 1. The topological polar surface area (TPSA) is 70.3 Å². The molecule has 0 fully saturated rings. The lowest BCUT2D eigenvalue weighted by molar-refractivity contribution is -0.142. The first-order valence-corrected chi connectivity index (χ1v) is 5.97. The Hall–Kier alpha value is -1.86. The van der Waals surface area contributed by atoms with Gasteiger partial charge in [0.15, 0.2) is 0 Å². The van der Waals surface area contributed by atoms with Crippen LogP contribution in [0.2, 0.25) is 0 Å². The number of benzene rings is 1. The molecule has 4 heteroatoms. The molecule has 1 aromatic carbocycles. The van der Waals surface area contributed by atoms with Crippen molar-refractivity contribution in [3.8, 4) is 6.07 Å². The minimum Gasteiger partial charge on any atom is -0.466 e. The van der Waals surface area contributed by atoms with Gasteiger partial charge in [-0.2, -0.15) is 5.26 Å². The van der Waals surface area contributed by atoms with Crippen LogP contribution >= 0.6 is 0 Å². The van der Waals surface area contributed by atoms with E-state index >= 15 is 0 Å². The Morgan fingerprint density at radius 2 is 2.06 bits per heavy atom. The van der Waals surface area contributed by atoms with E-state index in [1.807, 2.05) is 13.0 Å². The van der Waals surface area contributed by atoms with Crippen molar-refractivity contribution in [3.63, 3.8) is 0 Å². The summed E-state index contributed by atoms with van der Waals surface area (Å²) < 4.78 is 4.91. The largest absolute Gasteiger partial charge is 0.466 e. The van der Waals surface area contributed by atoms with Crippen LogP contribution in [0.25, 0.3) is 0 Å². The summed E-state index contributed by atoms with van der Waals surface area (Å²) in [5.74, 6) is -0.314. The minimum atomic E-state index is -0.314. The number of hydrogen-bond donors (Lipinski definition) is 1. The predicted molar refractivity (Wildman–Crippen MR) is 66.8 cm³/mol. The van der Waals surface area contributed by atoms with Gasteiger partial charge in [-0.3, -0.25) is 4.79 Å². The van der Waals surface area contributed by atoms with E-state index in [9.17, 15) is 9.90 Å². The molecule has 1 rings (SSSR count). The number of esters is 1. The fourth-order valence-corrected chi connectivity index (χ4v) is 1.98. The Kier molecular flexibility index (Phi) is 5.34. The average molecular weight is 247 g/mol. The van der Waals surface area contributed by atoms with Gasteiger partial charge in [0.1, 0.15) is 0 Å². The number of hydrogen-bond acceptors (Lipinski definition) is 4. The lowest BCUT2D eigenvalue weighted by Gasteiger charge is -2.12. The van der Waals surface area contributed by atoms with E-state index in [-0.39, 0.29) is 19.0 Å². The van der Waals surface area contributed by atoms with Crippen LogP contribution in [0.4, 0.5) is 0 Å². The molecule has 18 heavy (non-hydrogen) atoms. The van der Waals surface area contributed by atoms with Crippen molar-refractivity contribution in [1.82, 2.24) is 0 Å². The fraction of sp³-hybridized carbons (Fsp3) is 0.429. The SMILES string of the molecule is CCOC(=O)Cc1cc(C#N)cc(CO)c1CC. The van der Waals surface area contributed by atoms with E-state index in [1.54, 1.807) is 19.1 Å². The first-order valence-electron chi connectivity index (χ1n) is 5.97. The minimum absolute atomic E-state index is 0.130. The average Bonchev–Trinajstić information content (AvgIpc) is 2.37. The maximum atomic E-state index is 11.5. The van der Waals surface area contributed by atoms with E-state index in [0.29, 0.717) is 24.2 Å². The van der Waals surface area contributed by atoms with Crippen LogP contribution in [0.3, 0.4) is 0 Å². The zero-order valence-corrected chi connectivity index (χ0v) is 10.7. The molecule has 0 spiro atoms. The Morgan fingerprint density at radius 1 is 1.39 bits per heavy atom. The maximum Gasteiger partial charge on any atom is 0.310 e. The molecule has 96 valence electrons. The Bertz CT molecular complexity index is 475. The van der Waals surface area contributed by atoms with Crippen molar-refractivity contribution >= 4 is 5.97 Å². The lowest BCUT2D eigenvalue weighted by Crippen LogP contribution is -2.11. The zero-order valence-electron chi connectivity index (χ0n) is 10.7. The van der Waals surface area contributed by atoms with Gasteiger partial charge in [0.05, 0.1) is 31.3 Å². The second-order valence-electron chi connectivity index (χ2n) is 3.88. The van der Waals surface area contributed by atoms with E-state index in [0.717, 1.165) is 11.1 Å². The Morgan fingerprint density at radius 3 is 2.56 bits per heavy atom. The first-order chi connectivity index (χ1) is 8.65.